The zero-order valence-electron chi connectivity index (χ0n) is 28.1. The Balaban J connectivity index is 0.000000251. The van der Waals surface area contributed by atoms with Gasteiger partial charge < -0.3 is 16.2 Å². The number of rotatable bonds is 8. The van der Waals surface area contributed by atoms with E-state index in [2.05, 4.69) is 20.8 Å². The molecule has 0 unspecified atom stereocenters. The maximum atomic E-state index is 12.7. The summed E-state index contributed by atoms with van der Waals surface area (Å²) in [6, 6.07) is 21.0. The van der Waals surface area contributed by atoms with Crippen molar-refractivity contribution in [1.29, 1.82) is 0 Å². The van der Waals surface area contributed by atoms with E-state index < -0.39 is 31.9 Å². The highest BCUT2D eigenvalue weighted by atomic mass is 32.2. The van der Waals surface area contributed by atoms with Crippen molar-refractivity contribution in [1.82, 2.24) is 8.61 Å². The van der Waals surface area contributed by atoms with Crippen molar-refractivity contribution in [2.75, 3.05) is 33.3 Å². The molecule has 2 aliphatic rings. The van der Waals surface area contributed by atoms with Gasteiger partial charge in [0.05, 0.1) is 16.9 Å². The summed E-state index contributed by atoms with van der Waals surface area (Å²) < 4.78 is 57.9. The van der Waals surface area contributed by atoms with E-state index in [1.807, 2.05) is 50.2 Å². The minimum atomic E-state index is -3.66. The van der Waals surface area contributed by atoms with Gasteiger partial charge in [0, 0.05) is 37.3 Å². The van der Waals surface area contributed by atoms with Crippen LogP contribution in [0, 0.1) is 0 Å². The van der Waals surface area contributed by atoms with Crippen molar-refractivity contribution < 1.29 is 31.2 Å². The van der Waals surface area contributed by atoms with E-state index in [-0.39, 0.29) is 41.4 Å². The average molecular weight is 697 g/mol. The second-order valence-corrected chi connectivity index (χ2v) is 15.7. The molecule has 2 amide bonds. The summed E-state index contributed by atoms with van der Waals surface area (Å²) in [6.45, 7) is 10.6. The summed E-state index contributed by atoms with van der Waals surface area (Å²) in [5, 5.41) is 0. The van der Waals surface area contributed by atoms with Gasteiger partial charge in [0.1, 0.15) is 5.75 Å². The largest absolute Gasteiger partial charge is 0.497 e. The van der Waals surface area contributed by atoms with Crippen LogP contribution in [0.15, 0.2) is 106 Å². The molecular formula is C35H44N4O7S2. The molecule has 258 valence electrons. The second kappa shape index (κ2) is 15.7. The molecule has 3 aromatic rings. The predicted octanol–water partition coefficient (Wildman–Crippen LogP) is 4.20. The zero-order valence-corrected chi connectivity index (χ0v) is 29.8. The first-order chi connectivity index (χ1) is 22.5. The van der Waals surface area contributed by atoms with E-state index in [1.165, 1.54) is 8.61 Å². The monoisotopic (exact) mass is 696 g/mol. The minimum absolute atomic E-state index is 0.0118. The number of benzene rings is 3. The van der Waals surface area contributed by atoms with Crippen LogP contribution < -0.4 is 16.2 Å². The number of ether oxygens (including phenoxy) is 1. The minimum Gasteiger partial charge on any atom is -0.497 e. The zero-order chi connectivity index (χ0) is 35.9. The van der Waals surface area contributed by atoms with Crippen molar-refractivity contribution in [3.63, 3.8) is 0 Å². The van der Waals surface area contributed by atoms with Crippen molar-refractivity contribution in [3.8, 4) is 16.9 Å². The normalized spacial score (nSPS) is 15.3. The van der Waals surface area contributed by atoms with Gasteiger partial charge in [-0.2, -0.15) is 8.61 Å². The van der Waals surface area contributed by atoms with Gasteiger partial charge in [-0.25, -0.2) is 16.8 Å². The number of nitrogens with two attached hydrogens (primary N) is 2. The summed E-state index contributed by atoms with van der Waals surface area (Å²) in [5.41, 5.74) is 13.9. The topological polar surface area (TPSA) is 170 Å². The third kappa shape index (κ3) is 8.98. The van der Waals surface area contributed by atoms with Gasteiger partial charge in [0.25, 0.3) is 0 Å². The molecule has 5 rings (SSSR count). The van der Waals surface area contributed by atoms with E-state index in [4.69, 9.17) is 16.2 Å². The third-order valence-corrected chi connectivity index (χ3v) is 11.3. The molecule has 13 heteroatoms. The van der Waals surface area contributed by atoms with Crippen molar-refractivity contribution >= 4 is 31.9 Å². The Hall–Kier alpha value is -4.30. The molecule has 0 bridgehead atoms. The maximum Gasteiger partial charge on any atom is 0.245 e. The number of carbonyl (C=O) groups is 2. The molecule has 2 heterocycles. The van der Waals surface area contributed by atoms with Gasteiger partial charge in [-0.1, -0.05) is 83.2 Å². The van der Waals surface area contributed by atoms with Crippen molar-refractivity contribution in [2.24, 2.45) is 11.5 Å². The van der Waals surface area contributed by atoms with Gasteiger partial charge >= 0.3 is 0 Å². The number of methoxy groups -OCH3 is 1. The second-order valence-electron chi connectivity index (χ2n) is 11.8. The Labute approximate surface area is 284 Å². The number of nitrogens with zero attached hydrogens (tertiary/aromatic N) is 2. The van der Waals surface area contributed by atoms with Crippen LogP contribution in [0.1, 0.15) is 40.2 Å². The number of sulfonamides is 2. The number of carbonyl (C=O) groups excluding carboxylic acids is 2. The van der Waals surface area contributed by atoms with Gasteiger partial charge in [-0.05, 0) is 58.5 Å². The first kappa shape index (κ1) is 38.2. The standard InChI is InChI=1S/C18H18N2O4S.C15H20N2O3S.C2H6/c1-24-16-6-2-13(3-7-16)14-4-8-17(9-5-14)25(22,23)20-11-10-15(12-20)18(19)21;1-15(2,3)12-4-6-13(7-5-12)21(19,20)17-9-8-11(10-17)14(16)18;1-2/h2-10H,11-12H2,1H3,(H2,19,21);4-8H,9-10H2,1-3H3,(H2,16,18);1-2H3. The molecular weight excluding hydrogens is 653 g/mol. The number of amides is 2. The highest BCUT2D eigenvalue weighted by Gasteiger charge is 2.31. The predicted molar refractivity (Wildman–Crippen MR) is 187 cm³/mol. The van der Waals surface area contributed by atoms with E-state index in [9.17, 15) is 26.4 Å². The molecule has 48 heavy (non-hydrogen) atoms. The molecule has 0 saturated carbocycles. The molecule has 4 N–H and O–H groups in total. The third-order valence-electron chi connectivity index (χ3n) is 7.68. The summed E-state index contributed by atoms with van der Waals surface area (Å²) in [5.74, 6) is -0.405. The molecule has 0 aromatic heterocycles. The Bertz CT molecular complexity index is 1880. The quantitative estimate of drug-likeness (QED) is 0.356. The molecule has 0 aliphatic carbocycles. The molecule has 0 fully saturated rings. The average Bonchev–Trinajstić information content (AvgIpc) is 3.78. The smallest absolute Gasteiger partial charge is 0.245 e. The van der Waals surface area contributed by atoms with Crippen LogP contribution in [0.2, 0.25) is 0 Å². The summed E-state index contributed by atoms with van der Waals surface area (Å²) in [6.07, 6.45) is 3.11. The van der Waals surface area contributed by atoms with Crippen LogP contribution >= 0.6 is 0 Å². The fourth-order valence-corrected chi connectivity index (χ4v) is 7.53. The fraction of sp³-hybridized carbons (Fsp3) is 0.314. The van der Waals surface area contributed by atoms with Gasteiger partial charge in [0.15, 0.2) is 0 Å². The lowest BCUT2D eigenvalue weighted by Gasteiger charge is -2.20. The summed E-state index contributed by atoms with van der Waals surface area (Å²) in [7, 11) is -5.65. The summed E-state index contributed by atoms with van der Waals surface area (Å²) >= 11 is 0. The Morgan fingerprint density at radius 3 is 1.31 bits per heavy atom. The molecule has 0 spiro atoms. The highest BCUT2D eigenvalue weighted by molar-refractivity contribution is 7.89. The number of hydrogen-bond donors (Lipinski definition) is 2. The molecule has 0 saturated heterocycles. The summed E-state index contributed by atoms with van der Waals surface area (Å²) in [4.78, 5) is 22.7. The fourth-order valence-electron chi connectivity index (χ4n) is 4.81. The van der Waals surface area contributed by atoms with Gasteiger partial charge in [-0.15, -0.1) is 0 Å². The first-order valence-electron chi connectivity index (χ1n) is 15.4. The lowest BCUT2D eigenvalue weighted by Crippen LogP contribution is -2.31. The van der Waals surface area contributed by atoms with Crippen molar-refractivity contribution in [3.05, 3.63) is 102 Å². The lowest BCUT2D eigenvalue weighted by atomic mass is 9.87. The van der Waals surface area contributed by atoms with E-state index in [1.54, 1.807) is 55.7 Å². The molecule has 0 atom stereocenters. The van der Waals surface area contributed by atoms with Gasteiger partial charge in [-0.3, -0.25) is 9.59 Å². The van der Waals surface area contributed by atoms with Crippen LogP contribution in [0.4, 0.5) is 0 Å². The maximum absolute atomic E-state index is 12.7. The van der Waals surface area contributed by atoms with Crippen LogP contribution in [0.5, 0.6) is 5.75 Å². The van der Waals surface area contributed by atoms with Crippen LogP contribution in [-0.4, -0.2) is 70.5 Å². The Kier molecular flexibility index (Phi) is 12.5. The van der Waals surface area contributed by atoms with Crippen molar-refractivity contribution in [2.45, 2.75) is 49.8 Å². The Morgan fingerprint density at radius 1 is 0.646 bits per heavy atom. The molecule has 3 aromatic carbocycles. The molecule has 2 aliphatic heterocycles. The van der Waals surface area contributed by atoms with Crippen LogP contribution in [0.3, 0.4) is 0 Å². The van der Waals surface area contributed by atoms with E-state index in [0.717, 1.165) is 22.4 Å². The number of primary amides is 2. The molecule has 0 radical (unpaired) electrons. The number of hydrogen-bond acceptors (Lipinski definition) is 7. The van der Waals surface area contributed by atoms with E-state index in [0.29, 0.717) is 11.1 Å². The van der Waals surface area contributed by atoms with Crippen LogP contribution in [0.25, 0.3) is 11.1 Å². The SMILES string of the molecule is CC.CC(C)(C)c1ccc(S(=O)(=O)N2CC=C(C(N)=O)C2)cc1.COc1ccc(-c2ccc(S(=O)(=O)N3CC=C(C(N)=O)C3)cc2)cc1. The van der Waals surface area contributed by atoms with Crippen LogP contribution in [-0.2, 0) is 35.1 Å². The van der Waals surface area contributed by atoms with E-state index >= 15 is 0 Å². The Morgan fingerprint density at radius 2 is 1.00 bits per heavy atom. The highest BCUT2D eigenvalue weighted by Crippen LogP contribution is 2.27. The lowest BCUT2D eigenvalue weighted by molar-refractivity contribution is -0.115. The molecule has 11 nitrogen and oxygen atoms in total. The van der Waals surface area contributed by atoms with Gasteiger partial charge in [0.2, 0.25) is 31.9 Å². The first-order valence-corrected chi connectivity index (χ1v) is 18.2.